The van der Waals surface area contributed by atoms with Gasteiger partial charge in [-0.2, -0.15) is 0 Å². The summed E-state index contributed by atoms with van der Waals surface area (Å²) in [5.74, 6) is -0.405. The molecule has 0 atom stereocenters. The molecule has 0 aromatic heterocycles. The molecule has 30 heavy (non-hydrogen) atoms. The van der Waals surface area contributed by atoms with Crippen LogP contribution in [0.5, 0.6) is 0 Å². The molecule has 0 heterocycles. The fourth-order valence-corrected chi connectivity index (χ4v) is 2.99. The zero-order chi connectivity index (χ0) is 21.5. The van der Waals surface area contributed by atoms with Gasteiger partial charge in [-0.1, -0.05) is 44.2 Å². The predicted molar refractivity (Wildman–Crippen MR) is 115 cm³/mol. The Hall–Kier alpha value is -3.15. The first kappa shape index (κ1) is 21.6. The molecule has 3 rings (SSSR count). The number of esters is 1. The molecule has 2 aromatic rings. The molecule has 6 heteroatoms. The molecule has 1 aliphatic carbocycles. The second-order valence-electron chi connectivity index (χ2n) is 7.92. The highest BCUT2D eigenvalue weighted by Gasteiger charge is 2.29. The minimum Gasteiger partial charge on any atom is -0.452 e. The lowest BCUT2D eigenvalue weighted by atomic mass is 10.0. The Morgan fingerprint density at radius 2 is 1.80 bits per heavy atom. The summed E-state index contributed by atoms with van der Waals surface area (Å²) in [6.45, 7) is 4.43. The number of amides is 2. The van der Waals surface area contributed by atoms with E-state index in [4.69, 9.17) is 4.74 Å². The summed E-state index contributed by atoms with van der Waals surface area (Å²) in [7, 11) is 0. The van der Waals surface area contributed by atoms with Crippen LogP contribution in [0.4, 0.5) is 5.69 Å². The first-order chi connectivity index (χ1) is 14.4. The van der Waals surface area contributed by atoms with E-state index in [9.17, 15) is 14.4 Å². The van der Waals surface area contributed by atoms with E-state index < -0.39 is 5.97 Å². The maximum Gasteiger partial charge on any atom is 0.338 e. The molecule has 158 valence electrons. The lowest BCUT2D eigenvalue weighted by Gasteiger charge is -2.09. The predicted octanol–water partition coefficient (Wildman–Crippen LogP) is 3.67. The Balaban J connectivity index is 1.39. The molecule has 6 nitrogen and oxygen atoms in total. The Bertz CT molecular complexity index is 902. The number of hydrogen-bond acceptors (Lipinski definition) is 4. The summed E-state index contributed by atoms with van der Waals surface area (Å²) in [6.07, 6.45) is 2.53. The van der Waals surface area contributed by atoms with Crippen LogP contribution in [-0.4, -0.2) is 30.9 Å². The number of anilines is 1. The van der Waals surface area contributed by atoms with E-state index in [1.807, 2.05) is 0 Å². The average molecular weight is 408 g/mol. The van der Waals surface area contributed by atoms with Gasteiger partial charge >= 0.3 is 5.97 Å². The molecule has 1 aliphatic rings. The standard InChI is InChI=1S/C24H28N2O4/c1-16(2)18-8-6-17(7-9-18)12-13-25-22(27)15-30-24(29)20-4-3-5-21(14-20)26-23(28)19-10-11-19/h3-9,14,16,19H,10-13,15H2,1-2H3,(H,25,27)(H,26,28). The van der Waals surface area contributed by atoms with Gasteiger partial charge in [0.25, 0.3) is 5.91 Å². The molecular weight excluding hydrogens is 380 g/mol. The van der Waals surface area contributed by atoms with Gasteiger partial charge < -0.3 is 15.4 Å². The molecule has 0 bridgehead atoms. The van der Waals surface area contributed by atoms with Gasteiger partial charge in [-0.25, -0.2) is 4.79 Å². The summed E-state index contributed by atoms with van der Waals surface area (Å²) in [5, 5.41) is 5.55. The lowest BCUT2D eigenvalue weighted by molar-refractivity contribution is -0.124. The van der Waals surface area contributed by atoms with Gasteiger partial charge in [0, 0.05) is 18.2 Å². The fourth-order valence-electron chi connectivity index (χ4n) is 2.99. The summed E-state index contributed by atoms with van der Waals surface area (Å²) < 4.78 is 5.09. The quantitative estimate of drug-likeness (QED) is 0.620. The normalized spacial score (nSPS) is 13.0. The third-order valence-electron chi connectivity index (χ3n) is 5.03. The number of carbonyl (C=O) groups is 3. The van der Waals surface area contributed by atoms with Crippen molar-refractivity contribution in [2.75, 3.05) is 18.5 Å². The van der Waals surface area contributed by atoms with Crippen LogP contribution in [0.2, 0.25) is 0 Å². The van der Waals surface area contributed by atoms with E-state index in [1.165, 1.54) is 5.56 Å². The third-order valence-corrected chi connectivity index (χ3v) is 5.03. The van der Waals surface area contributed by atoms with Crippen molar-refractivity contribution in [3.05, 3.63) is 65.2 Å². The van der Waals surface area contributed by atoms with Crippen molar-refractivity contribution in [3.63, 3.8) is 0 Å². The highest BCUT2D eigenvalue weighted by molar-refractivity contribution is 5.96. The van der Waals surface area contributed by atoms with Gasteiger partial charge in [0.1, 0.15) is 0 Å². The van der Waals surface area contributed by atoms with E-state index in [-0.39, 0.29) is 24.3 Å². The smallest absolute Gasteiger partial charge is 0.338 e. The molecule has 2 aromatic carbocycles. The highest BCUT2D eigenvalue weighted by Crippen LogP contribution is 2.30. The summed E-state index contributed by atoms with van der Waals surface area (Å²) >= 11 is 0. The van der Waals surface area contributed by atoms with Crippen LogP contribution in [0, 0.1) is 5.92 Å². The van der Waals surface area contributed by atoms with Gasteiger partial charge in [0.2, 0.25) is 5.91 Å². The maximum atomic E-state index is 12.2. The van der Waals surface area contributed by atoms with Crippen LogP contribution in [0.3, 0.4) is 0 Å². The Morgan fingerprint density at radius 1 is 1.07 bits per heavy atom. The van der Waals surface area contributed by atoms with E-state index in [1.54, 1.807) is 24.3 Å². The van der Waals surface area contributed by atoms with Crippen molar-refractivity contribution >= 4 is 23.5 Å². The monoisotopic (exact) mass is 408 g/mol. The topological polar surface area (TPSA) is 84.5 Å². The molecule has 0 aliphatic heterocycles. The average Bonchev–Trinajstić information content (AvgIpc) is 3.58. The molecule has 1 saturated carbocycles. The number of rotatable bonds is 9. The van der Waals surface area contributed by atoms with Crippen LogP contribution in [0.15, 0.2) is 48.5 Å². The summed E-state index contributed by atoms with van der Waals surface area (Å²) in [4.78, 5) is 36.0. The molecule has 0 spiro atoms. The van der Waals surface area contributed by atoms with Crippen molar-refractivity contribution in [1.29, 1.82) is 0 Å². The van der Waals surface area contributed by atoms with Gasteiger partial charge in [0.05, 0.1) is 5.56 Å². The molecule has 1 fully saturated rings. The van der Waals surface area contributed by atoms with Gasteiger partial charge in [-0.05, 0) is 54.5 Å². The van der Waals surface area contributed by atoms with Crippen molar-refractivity contribution in [1.82, 2.24) is 5.32 Å². The Labute approximate surface area is 177 Å². The van der Waals surface area contributed by atoms with Crippen molar-refractivity contribution < 1.29 is 19.1 Å². The zero-order valence-electron chi connectivity index (χ0n) is 17.4. The second kappa shape index (κ2) is 10.1. The SMILES string of the molecule is CC(C)c1ccc(CCNC(=O)COC(=O)c2cccc(NC(=O)C3CC3)c2)cc1. The van der Waals surface area contributed by atoms with Crippen molar-refractivity contribution in [3.8, 4) is 0 Å². The van der Waals surface area contributed by atoms with Gasteiger partial charge in [-0.3, -0.25) is 9.59 Å². The summed E-state index contributed by atoms with van der Waals surface area (Å²) in [6, 6.07) is 14.9. The number of nitrogens with one attached hydrogen (secondary N) is 2. The molecule has 0 radical (unpaired) electrons. The van der Waals surface area contributed by atoms with E-state index >= 15 is 0 Å². The molecule has 0 saturated heterocycles. The minimum atomic E-state index is -0.600. The van der Waals surface area contributed by atoms with Crippen LogP contribution in [-0.2, 0) is 20.7 Å². The molecular formula is C24H28N2O4. The van der Waals surface area contributed by atoms with Crippen LogP contribution >= 0.6 is 0 Å². The van der Waals surface area contributed by atoms with E-state index in [0.29, 0.717) is 30.1 Å². The highest BCUT2D eigenvalue weighted by atomic mass is 16.5. The Kier molecular flexibility index (Phi) is 7.22. The Morgan fingerprint density at radius 3 is 2.47 bits per heavy atom. The number of benzene rings is 2. The van der Waals surface area contributed by atoms with E-state index in [2.05, 4.69) is 48.7 Å². The number of ether oxygens (including phenoxy) is 1. The molecule has 0 unspecified atom stereocenters. The van der Waals surface area contributed by atoms with Crippen LogP contribution in [0.1, 0.15) is 54.1 Å². The minimum absolute atomic E-state index is 0.0289. The van der Waals surface area contributed by atoms with Crippen LogP contribution < -0.4 is 10.6 Å². The first-order valence-corrected chi connectivity index (χ1v) is 10.4. The number of carbonyl (C=O) groups excluding carboxylic acids is 3. The van der Waals surface area contributed by atoms with Gasteiger partial charge in [-0.15, -0.1) is 0 Å². The zero-order valence-corrected chi connectivity index (χ0v) is 17.4. The molecule has 2 N–H and O–H groups in total. The third kappa shape index (κ3) is 6.44. The fraction of sp³-hybridized carbons (Fsp3) is 0.375. The van der Waals surface area contributed by atoms with Crippen molar-refractivity contribution in [2.45, 2.75) is 39.0 Å². The maximum absolute atomic E-state index is 12.2. The largest absolute Gasteiger partial charge is 0.452 e. The van der Waals surface area contributed by atoms with Crippen LogP contribution in [0.25, 0.3) is 0 Å². The van der Waals surface area contributed by atoms with E-state index in [0.717, 1.165) is 18.4 Å². The van der Waals surface area contributed by atoms with Crippen molar-refractivity contribution in [2.24, 2.45) is 5.92 Å². The number of hydrogen-bond donors (Lipinski definition) is 2. The van der Waals surface area contributed by atoms with Gasteiger partial charge in [0.15, 0.2) is 6.61 Å². The second-order valence-corrected chi connectivity index (χ2v) is 7.92. The molecule has 2 amide bonds. The lowest BCUT2D eigenvalue weighted by Crippen LogP contribution is -2.30. The first-order valence-electron chi connectivity index (χ1n) is 10.4. The summed E-state index contributed by atoms with van der Waals surface area (Å²) in [5.41, 5.74) is 3.27.